The average Bonchev–Trinajstić information content (AvgIpc) is 2.05. The van der Waals surface area contributed by atoms with Crippen LogP contribution in [0.25, 0.3) is 0 Å². The molecule has 0 atom stereocenters. The maximum Gasteiger partial charge on any atom is 0.123 e. The highest BCUT2D eigenvalue weighted by atomic mass is 35.5. The van der Waals surface area contributed by atoms with Gasteiger partial charge in [0.15, 0.2) is 0 Å². The number of aryl methyl sites for hydroxylation is 1. The lowest BCUT2D eigenvalue weighted by Gasteiger charge is -2.05. The van der Waals surface area contributed by atoms with Crippen molar-refractivity contribution < 1.29 is 9.13 Å². The number of hydrogen-bond acceptors (Lipinski definition) is 1. The SMILES string of the molecule is COc1ccc(F)cc1CCCl. The van der Waals surface area contributed by atoms with Crippen molar-refractivity contribution in [1.29, 1.82) is 0 Å². The van der Waals surface area contributed by atoms with E-state index in [0.29, 0.717) is 18.1 Å². The summed E-state index contributed by atoms with van der Waals surface area (Å²) in [7, 11) is 1.56. The number of rotatable bonds is 3. The molecule has 0 amide bonds. The molecule has 1 nitrogen and oxygen atoms in total. The fourth-order valence-corrected chi connectivity index (χ4v) is 1.25. The van der Waals surface area contributed by atoms with Crippen LogP contribution >= 0.6 is 11.6 Å². The van der Waals surface area contributed by atoms with Gasteiger partial charge in [-0.1, -0.05) is 0 Å². The van der Waals surface area contributed by atoms with E-state index in [0.717, 1.165) is 5.56 Å². The van der Waals surface area contributed by atoms with E-state index < -0.39 is 0 Å². The highest BCUT2D eigenvalue weighted by Gasteiger charge is 2.02. The van der Waals surface area contributed by atoms with Crippen LogP contribution in [0.15, 0.2) is 18.2 Å². The largest absolute Gasteiger partial charge is 0.496 e. The van der Waals surface area contributed by atoms with Crippen LogP contribution in [0.1, 0.15) is 5.56 Å². The van der Waals surface area contributed by atoms with Crippen LogP contribution in [0.4, 0.5) is 4.39 Å². The van der Waals surface area contributed by atoms with E-state index in [-0.39, 0.29) is 5.82 Å². The van der Waals surface area contributed by atoms with Crippen LogP contribution in [0.3, 0.4) is 0 Å². The van der Waals surface area contributed by atoms with Crippen molar-refractivity contribution >= 4 is 11.6 Å². The van der Waals surface area contributed by atoms with Crippen LogP contribution in [0.2, 0.25) is 0 Å². The number of hydrogen-bond donors (Lipinski definition) is 0. The van der Waals surface area contributed by atoms with Gasteiger partial charge in [0, 0.05) is 5.88 Å². The van der Waals surface area contributed by atoms with Crippen molar-refractivity contribution in [3.63, 3.8) is 0 Å². The van der Waals surface area contributed by atoms with E-state index >= 15 is 0 Å². The average molecular weight is 189 g/mol. The maximum absolute atomic E-state index is 12.7. The van der Waals surface area contributed by atoms with Gasteiger partial charge in [-0.05, 0) is 30.2 Å². The molecule has 0 aromatic heterocycles. The third-order valence-corrected chi connectivity index (χ3v) is 1.80. The van der Waals surface area contributed by atoms with Crippen molar-refractivity contribution in [2.75, 3.05) is 13.0 Å². The summed E-state index contributed by atoms with van der Waals surface area (Å²) in [6.45, 7) is 0. The van der Waals surface area contributed by atoms with E-state index in [1.54, 1.807) is 13.2 Å². The predicted molar refractivity (Wildman–Crippen MR) is 47.4 cm³/mol. The van der Waals surface area contributed by atoms with E-state index in [9.17, 15) is 4.39 Å². The number of methoxy groups -OCH3 is 1. The summed E-state index contributed by atoms with van der Waals surface area (Å²) < 4.78 is 17.7. The zero-order chi connectivity index (χ0) is 8.97. The first-order valence-electron chi connectivity index (χ1n) is 3.66. The van der Waals surface area contributed by atoms with E-state index in [1.165, 1.54) is 12.1 Å². The number of ether oxygens (including phenoxy) is 1. The van der Waals surface area contributed by atoms with Crippen LogP contribution in [-0.4, -0.2) is 13.0 Å². The Balaban J connectivity index is 2.95. The molecular weight excluding hydrogens is 179 g/mol. The lowest BCUT2D eigenvalue weighted by atomic mass is 10.1. The first kappa shape index (κ1) is 9.33. The summed E-state index contributed by atoms with van der Waals surface area (Å²) in [6, 6.07) is 4.43. The summed E-state index contributed by atoms with van der Waals surface area (Å²) in [4.78, 5) is 0. The van der Waals surface area contributed by atoms with Gasteiger partial charge in [0.25, 0.3) is 0 Å². The topological polar surface area (TPSA) is 9.23 Å². The minimum Gasteiger partial charge on any atom is -0.496 e. The van der Waals surface area contributed by atoms with Crippen LogP contribution < -0.4 is 4.74 Å². The van der Waals surface area contributed by atoms with Gasteiger partial charge < -0.3 is 4.74 Å². The summed E-state index contributed by atoms with van der Waals surface area (Å²) in [6.07, 6.45) is 0.627. The molecule has 1 aromatic carbocycles. The number of benzene rings is 1. The number of halogens is 2. The van der Waals surface area contributed by atoms with Gasteiger partial charge in [0.2, 0.25) is 0 Å². The fourth-order valence-electron chi connectivity index (χ4n) is 1.04. The second kappa shape index (κ2) is 4.31. The van der Waals surface area contributed by atoms with Gasteiger partial charge in [0.05, 0.1) is 7.11 Å². The van der Waals surface area contributed by atoms with Gasteiger partial charge in [-0.15, -0.1) is 11.6 Å². The van der Waals surface area contributed by atoms with Crippen molar-refractivity contribution in [3.8, 4) is 5.75 Å². The molecule has 0 radical (unpaired) electrons. The Morgan fingerprint density at radius 2 is 2.25 bits per heavy atom. The molecule has 0 saturated heterocycles. The predicted octanol–water partition coefficient (Wildman–Crippen LogP) is 2.62. The molecule has 1 rings (SSSR count). The zero-order valence-electron chi connectivity index (χ0n) is 6.81. The second-order valence-electron chi connectivity index (χ2n) is 2.40. The molecule has 0 aliphatic heterocycles. The lowest BCUT2D eigenvalue weighted by molar-refractivity contribution is 0.409. The molecule has 0 N–H and O–H groups in total. The Morgan fingerprint density at radius 3 is 2.83 bits per heavy atom. The van der Waals surface area contributed by atoms with Gasteiger partial charge in [-0.25, -0.2) is 4.39 Å². The van der Waals surface area contributed by atoms with E-state index in [4.69, 9.17) is 16.3 Å². The molecule has 0 aliphatic carbocycles. The van der Waals surface area contributed by atoms with E-state index in [2.05, 4.69) is 0 Å². The molecule has 1 aromatic rings. The standard InChI is InChI=1S/C9H10ClFO/c1-12-9-3-2-8(11)6-7(9)4-5-10/h2-3,6H,4-5H2,1H3. The Labute approximate surface area is 76.1 Å². The zero-order valence-corrected chi connectivity index (χ0v) is 7.57. The Hall–Kier alpha value is -0.760. The molecular formula is C9H10ClFO. The van der Waals surface area contributed by atoms with Crippen molar-refractivity contribution in [1.82, 2.24) is 0 Å². The smallest absolute Gasteiger partial charge is 0.123 e. The minimum atomic E-state index is -0.254. The van der Waals surface area contributed by atoms with Gasteiger partial charge in [-0.2, -0.15) is 0 Å². The molecule has 0 heterocycles. The molecule has 0 saturated carbocycles. The van der Waals surface area contributed by atoms with Crippen LogP contribution in [-0.2, 0) is 6.42 Å². The first-order chi connectivity index (χ1) is 5.77. The van der Waals surface area contributed by atoms with E-state index in [1.807, 2.05) is 0 Å². The summed E-state index contributed by atoms with van der Waals surface area (Å²) in [5.74, 6) is 0.910. The minimum absolute atomic E-state index is 0.254. The van der Waals surface area contributed by atoms with Crippen molar-refractivity contribution in [2.24, 2.45) is 0 Å². The highest BCUT2D eigenvalue weighted by Crippen LogP contribution is 2.19. The maximum atomic E-state index is 12.7. The molecule has 0 spiro atoms. The van der Waals surface area contributed by atoms with Gasteiger partial charge in [0.1, 0.15) is 11.6 Å². The third kappa shape index (κ3) is 2.11. The molecule has 0 bridgehead atoms. The highest BCUT2D eigenvalue weighted by molar-refractivity contribution is 6.18. The summed E-state index contributed by atoms with van der Waals surface area (Å²) >= 11 is 5.54. The molecule has 12 heavy (non-hydrogen) atoms. The normalized spacial score (nSPS) is 9.92. The van der Waals surface area contributed by atoms with Gasteiger partial charge in [-0.3, -0.25) is 0 Å². The van der Waals surface area contributed by atoms with Crippen molar-refractivity contribution in [2.45, 2.75) is 6.42 Å². The molecule has 0 aliphatic rings. The Morgan fingerprint density at radius 1 is 1.50 bits per heavy atom. The Kier molecular flexibility index (Phi) is 3.35. The summed E-state index contributed by atoms with van der Waals surface area (Å²) in [5, 5.41) is 0. The van der Waals surface area contributed by atoms with Crippen LogP contribution in [0.5, 0.6) is 5.75 Å². The molecule has 0 unspecified atom stereocenters. The van der Waals surface area contributed by atoms with Crippen LogP contribution in [0, 0.1) is 5.82 Å². The third-order valence-electron chi connectivity index (χ3n) is 1.61. The molecule has 66 valence electrons. The molecule has 3 heteroatoms. The Bertz CT molecular complexity index is 263. The monoisotopic (exact) mass is 188 g/mol. The summed E-state index contributed by atoms with van der Waals surface area (Å²) in [5.41, 5.74) is 0.813. The molecule has 0 fully saturated rings. The lowest BCUT2D eigenvalue weighted by Crippen LogP contribution is -1.93. The first-order valence-corrected chi connectivity index (χ1v) is 4.19. The van der Waals surface area contributed by atoms with Crippen molar-refractivity contribution in [3.05, 3.63) is 29.6 Å². The number of alkyl halides is 1. The quantitative estimate of drug-likeness (QED) is 0.663. The second-order valence-corrected chi connectivity index (χ2v) is 2.77. The fraction of sp³-hybridized carbons (Fsp3) is 0.333. The van der Waals surface area contributed by atoms with Gasteiger partial charge >= 0.3 is 0 Å².